The SMILES string of the molecule is CCCN(C)C(C)C(=O)Nc1nc2ccc(N)cc2s1. The smallest absolute Gasteiger partial charge is 0.243 e. The number of fused-ring (bicyclic) bond motifs is 1. The molecule has 2 aromatic rings. The molecule has 0 saturated carbocycles. The van der Waals surface area contributed by atoms with E-state index < -0.39 is 0 Å². The molecule has 20 heavy (non-hydrogen) atoms. The van der Waals surface area contributed by atoms with E-state index >= 15 is 0 Å². The molecule has 0 aliphatic rings. The van der Waals surface area contributed by atoms with E-state index in [1.165, 1.54) is 11.3 Å². The number of carbonyl (C=O) groups is 1. The normalized spacial score (nSPS) is 12.8. The van der Waals surface area contributed by atoms with Crippen LogP contribution in [0.5, 0.6) is 0 Å². The largest absolute Gasteiger partial charge is 0.399 e. The maximum absolute atomic E-state index is 12.2. The molecule has 0 aliphatic carbocycles. The summed E-state index contributed by atoms with van der Waals surface area (Å²) in [5.74, 6) is -0.0343. The van der Waals surface area contributed by atoms with Gasteiger partial charge >= 0.3 is 0 Å². The Morgan fingerprint density at radius 3 is 3.00 bits per heavy atom. The lowest BCUT2D eigenvalue weighted by molar-refractivity contribution is -0.120. The van der Waals surface area contributed by atoms with Crippen molar-refractivity contribution < 1.29 is 4.79 Å². The summed E-state index contributed by atoms with van der Waals surface area (Å²) in [5.41, 5.74) is 7.30. The van der Waals surface area contributed by atoms with Crippen LogP contribution < -0.4 is 11.1 Å². The predicted molar refractivity (Wildman–Crippen MR) is 85.0 cm³/mol. The molecule has 0 spiro atoms. The van der Waals surface area contributed by atoms with E-state index in [1.54, 1.807) is 0 Å². The van der Waals surface area contributed by atoms with Crippen LogP contribution in [0.2, 0.25) is 0 Å². The number of hydrogen-bond acceptors (Lipinski definition) is 5. The third kappa shape index (κ3) is 3.26. The van der Waals surface area contributed by atoms with Crippen LogP contribution >= 0.6 is 11.3 Å². The summed E-state index contributed by atoms with van der Waals surface area (Å²) < 4.78 is 0.981. The van der Waals surface area contributed by atoms with Crippen LogP contribution in [0.3, 0.4) is 0 Å². The molecule has 0 saturated heterocycles. The fourth-order valence-electron chi connectivity index (χ4n) is 1.95. The van der Waals surface area contributed by atoms with Crippen LogP contribution in [0.15, 0.2) is 18.2 Å². The average molecular weight is 292 g/mol. The molecule has 3 N–H and O–H groups in total. The summed E-state index contributed by atoms with van der Waals surface area (Å²) in [7, 11) is 1.95. The lowest BCUT2D eigenvalue weighted by Crippen LogP contribution is -2.39. The zero-order chi connectivity index (χ0) is 14.7. The molecule has 1 heterocycles. The van der Waals surface area contributed by atoms with Crippen molar-refractivity contribution in [2.75, 3.05) is 24.6 Å². The second-order valence-corrected chi connectivity index (χ2v) is 5.92. The Labute approximate surface area is 122 Å². The standard InChI is InChI=1S/C14H20N4OS/c1-4-7-18(3)9(2)13(19)17-14-16-11-6-5-10(15)8-12(11)20-14/h5-6,8-9H,4,7,15H2,1-3H3,(H,16,17,19). The summed E-state index contributed by atoms with van der Waals surface area (Å²) in [5, 5.41) is 3.49. The number of nitrogens with one attached hydrogen (secondary N) is 1. The van der Waals surface area contributed by atoms with Crippen molar-refractivity contribution >= 4 is 38.3 Å². The first-order chi connectivity index (χ1) is 9.51. The van der Waals surface area contributed by atoms with E-state index in [9.17, 15) is 4.79 Å². The molecular weight excluding hydrogens is 272 g/mol. The maximum Gasteiger partial charge on any atom is 0.243 e. The highest BCUT2D eigenvalue weighted by molar-refractivity contribution is 7.22. The Bertz CT molecular complexity index is 610. The molecular formula is C14H20N4OS. The zero-order valence-corrected chi connectivity index (χ0v) is 12.8. The Kier molecular flexibility index (Phi) is 4.57. The van der Waals surface area contributed by atoms with Crippen molar-refractivity contribution in [1.82, 2.24) is 9.88 Å². The van der Waals surface area contributed by atoms with Crippen LogP contribution in [-0.2, 0) is 4.79 Å². The Hall–Kier alpha value is -1.66. The number of nitrogens with zero attached hydrogens (tertiary/aromatic N) is 2. The number of carbonyl (C=O) groups excluding carboxylic acids is 1. The monoisotopic (exact) mass is 292 g/mol. The van der Waals surface area contributed by atoms with Gasteiger partial charge in [-0.1, -0.05) is 18.3 Å². The molecule has 0 aliphatic heterocycles. The van der Waals surface area contributed by atoms with Crippen LogP contribution in [0.4, 0.5) is 10.8 Å². The van der Waals surface area contributed by atoms with E-state index in [0.29, 0.717) is 10.8 Å². The summed E-state index contributed by atoms with van der Waals surface area (Å²) in [4.78, 5) is 18.6. The molecule has 0 fully saturated rings. The van der Waals surface area contributed by atoms with Gasteiger partial charge in [-0.3, -0.25) is 9.69 Å². The first-order valence-corrected chi connectivity index (χ1v) is 7.50. The van der Waals surface area contributed by atoms with Gasteiger partial charge in [0.2, 0.25) is 5.91 Å². The molecule has 6 heteroatoms. The quantitative estimate of drug-likeness (QED) is 0.831. The molecule has 1 amide bonds. The van der Waals surface area contributed by atoms with Gasteiger partial charge in [-0.05, 0) is 45.1 Å². The second-order valence-electron chi connectivity index (χ2n) is 4.89. The van der Waals surface area contributed by atoms with Crippen LogP contribution in [-0.4, -0.2) is 35.4 Å². The minimum absolute atomic E-state index is 0.0343. The topological polar surface area (TPSA) is 71.2 Å². The zero-order valence-electron chi connectivity index (χ0n) is 12.0. The van der Waals surface area contributed by atoms with Gasteiger partial charge in [0.25, 0.3) is 0 Å². The Morgan fingerprint density at radius 1 is 1.55 bits per heavy atom. The number of thiazole rings is 1. The van der Waals surface area contributed by atoms with Crippen molar-refractivity contribution in [1.29, 1.82) is 0 Å². The van der Waals surface area contributed by atoms with Gasteiger partial charge in [0.1, 0.15) is 0 Å². The number of nitrogen functional groups attached to an aromatic ring is 1. The third-order valence-electron chi connectivity index (χ3n) is 3.26. The molecule has 1 aromatic heterocycles. The molecule has 1 unspecified atom stereocenters. The molecule has 2 rings (SSSR count). The van der Waals surface area contributed by atoms with Gasteiger partial charge < -0.3 is 11.1 Å². The molecule has 108 valence electrons. The fraction of sp³-hybridized carbons (Fsp3) is 0.429. The molecule has 5 nitrogen and oxygen atoms in total. The second kappa shape index (κ2) is 6.19. The molecule has 1 atom stereocenters. The fourth-order valence-corrected chi connectivity index (χ4v) is 2.87. The van der Waals surface area contributed by atoms with Gasteiger partial charge in [-0.2, -0.15) is 0 Å². The van der Waals surface area contributed by atoms with Crippen LogP contribution in [0.25, 0.3) is 10.2 Å². The Morgan fingerprint density at radius 2 is 2.30 bits per heavy atom. The van der Waals surface area contributed by atoms with E-state index in [0.717, 1.165) is 23.2 Å². The first kappa shape index (κ1) is 14.7. The number of aromatic nitrogens is 1. The first-order valence-electron chi connectivity index (χ1n) is 6.68. The lowest BCUT2D eigenvalue weighted by Gasteiger charge is -2.22. The van der Waals surface area contributed by atoms with Gasteiger partial charge in [0.05, 0.1) is 16.3 Å². The number of benzene rings is 1. The highest BCUT2D eigenvalue weighted by Crippen LogP contribution is 2.27. The van der Waals surface area contributed by atoms with Crippen molar-refractivity contribution in [2.24, 2.45) is 0 Å². The van der Waals surface area contributed by atoms with Gasteiger partial charge in [-0.15, -0.1) is 0 Å². The number of amides is 1. The van der Waals surface area contributed by atoms with Gasteiger partial charge in [0.15, 0.2) is 5.13 Å². The molecule has 0 bridgehead atoms. The summed E-state index contributed by atoms with van der Waals surface area (Å²) in [6.07, 6.45) is 1.02. The van der Waals surface area contributed by atoms with Crippen molar-refractivity contribution in [3.05, 3.63) is 18.2 Å². The maximum atomic E-state index is 12.2. The third-order valence-corrected chi connectivity index (χ3v) is 4.19. The number of likely N-dealkylation sites (N-methyl/N-ethyl adjacent to an activating group) is 1. The number of hydrogen-bond donors (Lipinski definition) is 2. The van der Waals surface area contributed by atoms with E-state index in [2.05, 4.69) is 17.2 Å². The number of nitrogens with two attached hydrogens (primary N) is 1. The lowest BCUT2D eigenvalue weighted by atomic mass is 10.2. The van der Waals surface area contributed by atoms with Crippen LogP contribution in [0, 0.1) is 0 Å². The van der Waals surface area contributed by atoms with Gasteiger partial charge in [0, 0.05) is 5.69 Å². The minimum atomic E-state index is -0.174. The van der Waals surface area contributed by atoms with Crippen molar-refractivity contribution in [3.63, 3.8) is 0 Å². The summed E-state index contributed by atoms with van der Waals surface area (Å²) >= 11 is 1.44. The van der Waals surface area contributed by atoms with E-state index in [4.69, 9.17) is 5.73 Å². The van der Waals surface area contributed by atoms with E-state index in [1.807, 2.05) is 37.1 Å². The van der Waals surface area contributed by atoms with Crippen molar-refractivity contribution in [2.45, 2.75) is 26.3 Å². The van der Waals surface area contributed by atoms with Gasteiger partial charge in [-0.25, -0.2) is 4.98 Å². The Balaban J connectivity index is 2.09. The number of rotatable bonds is 5. The summed E-state index contributed by atoms with van der Waals surface area (Å²) in [6.45, 7) is 4.89. The number of anilines is 2. The molecule has 1 aromatic carbocycles. The van der Waals surface area contributed by atoms with E-state index in [-0.39, 0.29) is 11.9 Å². The average Bonchev–Trinajstić information content (AvgIpc) is 2.79. The summed E-state index contributed by atoms with van der Waals surface area (Å²) in [6, 6.07) is 5.37. The van der Waals surface area contributed by atoms with Crippen molar-refractivity contribution in [3.8, 4) is 0 Å². The molecule has 0 radical (unpaired) electrons. The highest BCUT2D eigenvalue weighted by atomic mass is 32.1. The predicted octanol–water partition coefficient (Wildman–Crippen LogP) is 2.55. The van der Waals surface area contributed by atoms with Crippen LogP contribution in [0.1, 0.15) is 20.3 Å². The minimum Gasteiger partial charge on any atom is -0.399 e. The highest BCUT2D eigenvalue weighted by Gasteiger charge is 2.18.